The Bertz CT molecular complexity index is 2930. The predicted molar refractivity (Wildman–Crippen MR) is 238 cm³/mol. The molecule has 0 bridgehead atoms. The minimum absolute atomic E-state index is 0.198. The van der Waals surface area contributed by atoms with Gasteiger partial charge in [0, 0.05) is 27.5 Å². The van der Waals surface area contributed by atoms with E-state index in [1.54, 1.807) is 0 Å². The zero-order valence-corrected chi connectivity index (χ0v) is 32.5. The van der Waals surface area contributed by atoms with Crippen molar-refractivity contribution in [3.63, 3.8) is 0 Å². The maximum atomic E-state index is 2.58. The smallest absolute Gasteiger partial charge is 0.0544 e. The summed E-state index contributed by atoms with van der Waals surface area (Å²) in [6, 6.07) is 59.2. The van der Waals surface area contributed by atoms with Crippen molar-refractivity contribution in [1.82, 2.24) is 0 Å². The monoisotopic (exact) mass is 720 g/mol. The Balaban J connectivity index is 1.19. The maximum absolute atomic E-state index is 2.58. The summed E-state index contributed by atoms with van der Waals surface area (Å²) >= 11 is 0. The first kappa shape index (κ1) is 33.0. The van der Waals surface area contributed by atoms with Crippen molar-refractivity contribution in [2.45, 2.75) is 51.4 Å². The number of rotatable bonds is 4. The van der Waals surface area contributed by atoms with Gasteiger partial charge in [0.15, 0.2) is 0 Å². The summed E-state index contributed by atoms with van der Waals surface area (Å²) in [5, 5.41) is 5.04. The van der Waals surface area contributed by atoms with Crippen LogP contribution in [-0.2, 0) is 17.3 Å². The average molecular weight is 721 g/mol. The summed E-state index contributed by atoms with van der Waals surface area (Å²) in [5.41, 5.74) is 17.6. The third kappa shape index (κ3) is 4.69. The molecule has 0 aromatic heterocycles. The van der Waals surface area contributed by atoms with Crippen molar-refractivity contribution in [2.75, 3.05) is 9.80 Å². The fourth-order valence-corrected chi connectivity index (χ4v) is 10.1. The van der Waals surface area contributed by atoms with E-state index in [0.29, 0.717) is 0 Å². The fraction of sp³-hybridized carbons (Fsp3) is 0.148. The maximum Gasteiger partial charge on any atom is 0.0544 e. The molecule has 0 amide bonds. The van der Waals surface area contributed by atoms with E-state index in [1.807, 2.05) is 0 Å². The average Bonchev–Trinajstić information content (AvgIpc) is 3.23. The van der Waals surface area contributed by atoms with Crippen LogP contribution in [0.1, 0.15) is 67.5 Å². The molecule has 0 spiro atoms. The summed E-state index contributed by atoms with van der Waals surface area (Å²) in [6.45, 7) is 9.71. The first-order chi connectivity index (χ1) is 27.3. The third-order valence-corrected chi connectivity index (χ3v) is 13.0. The molecule has 0 fully saturated rings. The zero-order valence-electron chi connectivity index (χ0n) is 32.5. The molecule has 0 radical (unpaired) electrons. The Morgan fingerprint density at radius 1 is 0.518 bits per heavy atom. The topological polar surface area (TPSA) is 6.48 Å². The molecule has 0 N–H and O–H groups in total. The number of nitrogens with zero attached hydrogens (tertiary/aromatic N) is 2. The summed E-state index contributed by atoms with van der Waals surface area (Å²) in [4.78, 5) is 5.10. The molecule has 270 valence electrons. The van der Waals surface area contributed by atoms with E-state index in [-0.39, 0.29) is 10.8 Å². The van der Waals surface area contributed by atoms with E-state index in [2.05, 4.69) is 207 Å². The second kappa shape index (κ2) is 12.1. The molecule has 2 heteroatoms. The first-order valence-corrected chi connectivity index (χ1v) is 20.1. The third-order valence-electron chi connectivity index (χ3n) is 13.0. The molecular weight excluding hydrogens is 677 g/mol. The van der Waals surface area contributed by atoms with Crippen LogP contribution in [0, 0.1) is 0 Å². The number of benzene rings is 8. The number of allylic oxidation sites excluding steroid dienone is 1. The SMILES string of the molecule is CC1(C)c2ccccc2N2c3ccc(N(c4cccc5c4C=CCC5)c4cccc5ccccc45)cc3C(C)(C)c3cc(-c4cccc5ccccc45)cc1c32. The van der Waals surface area contributed by atoms with Crippen molar-refractivity contribution >= 4 is 61.7 Å². The Hall–Kier alpha value is -6.38. The van der Waals surface area contributed by atoms with Crippen LogP contribution in [0.5, 0.6) is 0 Å². The molecule has 0 saturated heterocycles. The molecule has 8 aromatic rings. The van der Waals surface area contributed by atoms with Crippen LogP contribution in [0.25, 0.3) is 38.7 Å². The molecule has 2 nitrogen and oxygen atoms in total. The van der Waals surface area contributed by atoms with Crippen molar-refractivity contribution < 1.29 is 0 Å². The van der Waals surface area contributed by atoms with Crippen LogP contribution in [0.15, 0.2) is 164 Å². The molecule has 0 unspecified atom stereocenters. The Kier molecular flexibility index (Phi) is 7.11. The largest absolute Gasteiger partial charge is 0.309 e. The molecule has 0 saturated carbocycles. The summed E-state index contributed by atoms with van der Waals surface area (Å²) in [7, 11) is 0. The van der Waals surface area contributed by atoms with Gasteiger partial charge in [0.05, 0.1) is 28.4 Å². The fourth-order valence-electron chi connectivity index (χ4n) is 10.1. The molecule has 8 aromatic carbocycles. The molecular formula is C54H44N2. The van der Waals surface area contributed by atoms with E-state index >= 15 is 0 Å². The zero-order chi connectivity index (χ0) is 37.8. The van der Waals surface area contributed by atoms with Gasteiger partial charge in [-0.05, 0) is 116 Å². The van der Waals surface area contributed by atoms with Gasteiger partial charge in [-0.2, -0.15) is 0 Å². The number of para-hydroxylation sites is 1. The van der Waals surface area contributed by atoms with Gasteiger partial charge in [0.1, 0.15) is 0 Å². The number of fused-ring (bicyclic) bond motifs is 7. The number of hydrogen-bond donors (Lipinski definition) is 0. The van der Waals surface area contributed by atoms with E-state index in [4.69, 9.17) is 0 Å². The first-order valence-electron chi connectivity index (χ1n) is 20.1. The van der Waals surface area contributed by atoms with Crippen LogP contribution >= 0.6 is 0 Å². The minimum Gasteiger partial charge on any atom is -0.309 e. The molecule has 2 heterocycles. The predicted octanol–water partition coefficient (Wildman–Crippen LogP) is 14.8. The molecule has 0 atom stereocenters. The van der Waals surface area contributed by atoms with Crippen molar-refractivity contribution in [3.05, 3.63) is 197 Å². The summed E-state index contributed by atoms with van der Waals surface area (Å²) in [6.07, 6.45) is 6.81. The van der Waals surface area contributed by atoms with Gasteiger partial charge in [0.2, 0.25) is 0 Å². The highest BCUT2D eigenvalue weighted by Gasteiger charge is 2.46. The van der Waals surface area contributed by atoms with E-state index in [1.165, 1.54) is 100 Å². The van der Waals surface area contributed by atoms with Crippen LogP contribution in [0.4, 0.5) is 34.1 Å². The number of aryl methyl sites for hydroxylation is 1. The lowest BCUT2D eigenvalue weighted by Crippen LogP contribution is -2.38. The van der Waals surface area contributed by atoms with Gasteiger partial charge in [-0.15, -0.1) is 0 Å². The quantitative estimate of drug-likeness (QED) is 0.179. The highest BCUT2D eigenvalue weighted by molar-refractivity contribution is 6.02. The normalized spacial score (nSPS) is 15.5. The van der Waals surface area contributed by atoms with Crippen LogP contribution in [0.3, 0.4) is 0 Å². The van der Waals surface area contributed by atoms with Gasteiger partial charge >= 0.3 is 0 Å². The van der Waals surface area contributed by atoms with E-state index < -0.39 is 0 Å². The van der Waals surface area contributed by atoms with Gasteiger partial charge in [-0.3, -0.25) is 0 Å². The Morgan fingerprint density at radius 2 is 1.14 bits per heavy atom. The number of anilines is 6. The summed E-state index contributed by atoms with van der Waals surface area (Å²) in [5.74, 6) is 0. The van der Waals surface area contributed by atoms with E-state index in [9.17, 15) is 0 Å². The molecule has 1 aliphatic carbocycles. The lowest BCUT2D eigenvalue weighted by molar-refractivity contribution is 0.598. The molecule has 2 aliphatic heterocycles. The lowest BCUT2D eigenvalue weighted by atomic mass is 9.65. The van der Waals surface area contributed by atoms with Crippen molar-refractivity contribution in [2.24, 2.45) is 0 Å². The Labute approximate surface area is 330 Å². The minimum atomic E-state index is -0.310. The van der Waals surface area contributed by atoms with Crippen LogP contribution in [0.2, 0.25) is 0 Å². The highest BCUT2D eigenvalue weighted by atomic mass is 15.2. The standard InChI is InChI=1S/C54H44N2/c1-53(2)44-26-11-12-27-50(44)56-51-31-30-39(55(48-28-14-20-36-17-6-9-23-42(36)48)49-29-15-21-37-18-7-10-24-43(37)49)34-45(51)54(3,4)47-33-38(32-46(53)52(47)56)41-25-13-19-35-16-5-8-22-40(35)41/h5-6,8-17,19-34H,7,18H2,1-4H3. The summed E-state index contributed by atoms with van der Waals surface area (Å²) < 4.78 is 0. The van der Waals surface area contributed by atoms with Crippen molar-refractivity contribution in [3.8, 4) is 11.1 Å². The van der Waals surface area contributed by atoms with Crippen LogP contribution < -0.4 is 9.80 Å². The molecule has 11 rings (SSSR count). The second-order valence-electron chi connectivity index (χ2n) is 16.9. The molecule has 56 heavy (non-hydrogen) atoms. The van der Waals surface area contributed by atoms with Crippen LogP contribution in [-0.4, -0.2) is 0 Å². The highest BCUT2D eigenvalue weighted by Crippen LogP contribution is 2.61. The molecule has 3 aliphatic rings. The lowest BCUT2D eigenvalue weighted by Gasteiger charge is -2.50. The van der Waals surface area contributed by atoms with Gasteiger partial charge in [-0.25, -0.2) is 0 Å². The van der Waals surface area contributed by atoms with Gasteiger partial charge in [-0.1, -0.05) is 149 Å². The van der Waals surface area contributed by atoms with Crippen molar-refractivity contribution in [1.29, 1.82) is 0 Å². The van der Waals surface area contributed by atoms with Gasteiger partial charge in [0.25, 0.3) is 0 Å². The second-order valence-corrected chi connectivity index (χ2v) is 16.9. The number of hydrogen-bond acceptors (Lipinski definition) is 2. The van der Waals surface area contributed by atoms with E-state index in [0.717, 1.165) is 12.8 Å². The Morgan fingerprint density at radius 3 is 1.96 bits per heavy atom. The van der Waals surface area contributed by atoms with Gasteiger partial charge < -0.3 is 9.80 Å².